The quantitative estimate of drug-likeness (QED) is 0.260. The predicted molar refractivity (Wildman–Crippen MR) is 111 cm³/mol. The van der Waals surface area contributed by atoms with Crippen LogP contribution in [0, 0.1) is 10.1 Å². The first-order valence-electron chi connectivity index (χ1n) is 7.96. The van der Waals surface area contributed by atoms with Crippen molar-refractivity contribution in [1.29, 1.82) is 0 Å². The predicted octanol–water partition coefficient (Wildman–Crippen LogP) is 3.24. The molecule has 0 fully saturated rings. The SMILES string of the molecule is Nc1cc([N+](=O)[O-])cc(Cl)c1N.Nc1ccc(NCCO)c2ccccc12. The van der Waals surface area contributed by atoms with Crippen LogP contribution in [0.1, 0.15) is 0 Å². The first-order chi connectivity index (χ1) is 12.8. The van der Waals surface area contributed by atoms with Gasteiger partial charge in [0.15, 0.2) is 0 Å². The minimum Gasteiger partial charge on any atom is -0.398 e. The lowest BCUT2D eigenvalue weighted by atomic mass is 10.1. The molecule has 142 valence electrons. The Morgan fingerprint density at radius 3 is 2.30 bits per heavy atom. The van der Waals surface area contributed by atoms with E-state index >= 15 is 0 Å². The molecule has 0 unspecified atom stereocenters. The van der Waals surface area contributed by atoms with Crippen LogP contribution in [0.2, 0.25) is 5.02 Å². The number of nitrogens with zero attached hydrogens (tertiary/aromatic N) is 1. The molecule has 0 saturated carbocycles. The first-order valence-corrected chi connectivity index (χ1v) is 8.33. The van der Waals surface area contributed by atoms with Gasteiger partial charge in [0.25, 0.3) is 5.69 Å². The number of nitrogens with two attached hydrogens (primary N) is 3. The second-order valence-corrected chi connectivity index (χ2v) is 5.99. The van der Waals surface area contributed by atoms with Gasteiger partial charge < -0.3 is 27.6 Å². The number of anilines is 4. The molecule has 8 nitrogen and oxygen atoms in total. The Morgan fingerprint density at radius 1 is 1.04 bits per heavy atom. The molecule has 0 atom stereocenters. The Hall–Kier alpha value is -3.23. The van der Waals surface area contributed by atoms with E-state index in [1.807, 2.05) is 36.4 Å². The number of fused-ring (bicyclic) bond motifs is 1. The Bertz CT molecular complexity index is 942. The minimum atomic E-state index is -0.582. The van der Waals surface area contributed by atoms with E-state index in [4.69, 9.17) is 33.9 Å². The Labute approximate surface area is 160 Å². The molecular weight excluding hydrogens is 370 g/mol. The van der Waals surface area contributed by atoms with Crippen molar-refractivity contribution >= 4 is 50.8 Å². The van der Waals surface area contributed by atoms with Crippen molar-refractivity contribution in [3.8, 4) is 0 Å². The molecule has 0 aromatic heterocycles. The smallest absolute Gasteiger partial charge is 0.273 e. The second-order valence-electron chi connectivity index (χ2n) is 5.59. The molecule has 0 aliphatic carbocycles. The van der Waals surface area contributed by atoms with E-state index in [1.165, 1.54) is 6.07 Å². The molecule has 3 aromatic carbocycles. The van der Waals surface area contributed by atoms with Crippen molar-refractivity contribution in [3.05, 3.63) is 63.7 Å². The molecule has 0 amide bonds. The van der Waals surface area contributed by atoms with Gasteiger partial charge in [-0.3, -0.25) is 10.1 Å². The van der Waals surface area contributed by atoms with E-state index in [0.29, 0.717) is 6.54 Å². The minimum absolute atomic E-state index is 0.0988. The average molecular weight is 390 g/mol. The van der Waals surface area contributed by atoms with E-state index in [1.54, 1.807) is 0 Å². The number of nitrogen functional groups attached to an aromatic ring is 3. The van der Waals surface area contributed by atoms with E-state index in [-0.39, 0.29) is 28.7 Å². The molecule has 0 aliphatic heterocycles. The van der Waals surface area contributed by atoms with Gasteiger partial charge >= 0.3 is 0 Å². The summed E-state index contributed by atoms with van der Waals surface area (Å²) in [7, 11) is 0. The highest BCUT2D eigenvalue weighted by atomic mass is 35.5. The highest BCUT2D eigenvalue weighted by Gasteiger charge is 2.11. The number of non-ortho nitro benzene ring substituents is 1. The zero-order chi connectivity index (χ0) is 20.0. The Morgan fingerprint density at radius 2 is 1.70 bits per heavy atom. The lowest BCUT2D eigenvalue weighted by Gasteiger charge is -2.10. The number of halogens is 1. The number of nitro benzene ring substituents is 1. The third-order valence-corrected chi connectivity index (χ3v) is 4.05. The summed E-state index contributed by atoms with van der Waals surface area (Å²) in [6, 6.07) is 14.1. The molecule has 0 spiro atoms. The molecule has 3 aromatic rings. The van der Waals surface area contributed by atoms with Crippen LogP contribution in [-0.4, -0.2) is 23.2 Å². The van der Waals surface area contributed by atoms with Crippen molar-refractivity contribution in [1.82, 2.24) is 0 Å². The number of hydrogen-bond acceptors (Lipinski definition) is 7. The number of aliphatic hydroxyl groups excluding tert-OH is 1. The lowest BCUT2D eigenvalue weighted by molar-refractivity contribution is -0.384. The highest BCUT2D eigenvalue weighted by Crippen LogP contribution is 2.30. The molecule has 9 heteroatoms. The van der Waals surface area contributed by atoms with Crippen LogP contribution in [0.15, 0.2) is 48.5 Å². The van der Waals surface area contributed by atoms with Crippen LogP contribution >= 0.6 is 11.6 Å². The van der Waals surface area contributed by atoms with Gasteiger partial charge in [-0.05, 0) is 12.1 Å². The lowest BCUT2D eigenvalue weighted by Crippen LogP contribution is -2.05. The van der Waals surface area contributed by atoms with Crippen molar-refractivity contribution in [2.45, 2.75) is 0 Å². The maximum Gasteiger partial charge on any atom is 0.273 e. The summed E-state index contributed by atoms with van der Waals surface area (Å²) in [5, 5.41) is 24.4. The summed E-state index contributed by atoms with van der Waals surface area (Å²) in [6.45, 7) is 0.673. The summed E-state index contributed by atoms with van der Waals surface area (Å²) < 4.78 is 0. The molecule has 8 N–H and O–H groups in total. The summed E-state index contributed by atoms with van der Waals surface area (Å²) in [5.74, 6) is 0. The fraction of sp³-hybridized carbons (Fsp3) is 0.111. The van der Waals surface area contributed by atoms with Crippen LogP contribution in [0.5, 0.6) is 0 Å². The van der Waals surface area contributed by atoms with Gasteiger partial charge in [0.1, 0.15) is 0 Å². The number of hydrogen-bond donors (Lipinski definition) is 5. The summed E-state index contributed by atoms with van der Waals surface area (Å²) in [6.07, 6.45) is 0. The first kappa shape index (κ1) is 20.1. The molecular formula is C18H20ClN5O3. The maximum absolute atomic E-state index is 10.3. The van der Waals surface area contributed by atoms with Crippen LogP contribution in [0.4, 0.5) is 28.4 Å². The fourth-order valence-corrected chi connectivity index (χ4v) is 2.62. The normalized spacial score (nSPS) is 10.1. The van der Waals surface area contributed by atoms with Crippen LogP contribution < -0.4 is 22.5 Å². The number of benzene rings is 3. The van der Waals surface area contributed by atoms with E-state index in [9.17, 15) is 10.1 Å². The van der Waals surface area contributed by atoms with Gasteiger partial charge in [0, 0.05) is 40.8 Å². The Balaban J connectivity index is 0.000000199. The van der Waals surface area contributed by atoms with Crippen molar-refractivity contribution in [2.75, 3.05) is 35.7 Å². The number of nitrogens with one attached hydrogen (secondary N) is 1. The van der Waals surface area contributed by atoms with Crippen molar-refractivity contribution < 1.29 is 10.0 Å². The maximum atomic E-state index is 10.3. The van der Waals surface area contributed by atoms with Crippen LogP contribution in [-0.2, 0) is 0 Å². The van der Waals surface area contributed by atoms with Gasteiger partial charge in [0.05, 0.1) is 27.9 Å². The van der Waals surface area contributed by atoms with Gasteiger partial charge in [-0.2, -0.15) is 0 Å². The number of nitro groups is 1. The number of rotatable bonds is 4. The fourth-order valence-electron chi connectivity index (χ4n) is 2.40. The van der Waals surface area contributed by atoms with E-state index in [0.717, 1.165) is 28.2 Å². The van der Waals surface area contributed by atoms with Crippen LogP contribution in [0.3, 0.4) is 0 Å². The molecule has 3 rings (SSSR count). The molecule has 0 bridgehead atoms. The zero-order valence-corrected chi connectivity index (χ0v) is 15.1. The number of aliphatic hydroxyl groups is 1. The van der Waals surface area contributed by atoms with Crippen molar-refractivity contribution in [3.63, 3.8) is 0 Å². The van der Waals surface area contributed by atoms with E-state index < -0.39 is 4.92 Å². The molecule has 0 radical (unpaired) electrons. The standard InChI is InChI=1S/C12H14N2O.C6H6ClN3O2/c13-11-5-6-12(14-7-8-15)10-4-2-1-3-9(10)11;7-4-1-3(10(11)12)2-5(8)6(4)9/h1-6,14-15H,7-8,13H2;1-2H,8-9H2. The third kappa shape index (κ3) is 4.90. The monoisotopic (exact) mass is 389 g/mol. The van der Waals surface area contributed by atoms with Gasteiger partial charge in [-0.15, -0.1) is 0 Å². The highest BCUT2D eigenvalue weighted by molar-refractivity contribution is 6.34. The zero-order valence-electron chi connectivity index (χ0n) is 14.4. The topological polar surface area (TPSA) is 153 Å². The largest absolute Gasteiger partial charge is 0.398 e. The molecule has 0 aliphatic rings. The van der Waals surface area contributed by atoms with Gasteiger partial charge in [-0.25, -0.2) is 0 Å². The van der Waals surface area contributed by atoms with Gasteiger partial charge in [0.2, 0.25) is 0 Å². The van der Waals surface area contributed by atoms with Crippen LogP contribution in [0.25, 0.3) is 10.8 Å². The second kappa shape index (κ2) is 8.93. The average Bonchev–Trinajstić information content (AvgIpc) is 2.66. The Kier molecular flexibility index (Phi) is 6.64. The summed E-state index contributed by atoms with van der Waals surface area (Å²) in [5.41, 5.74) is 18.5. The van der Waals surface area contributed by atoms with Crippen molar-refractivity contribution in [2.24, 2.45) is 0 Å². The van der Waals surface area contributed by atoms with E-state index in [2.05, 4.69) is 5.32 Å². The third-order valence-electron chi connectivity index (χ3n) is 3.74. The molecule has 0 saturated heterocycles. The summed E-state index contributed by atoms with van der Waals surface area (Å²) >= 11 is 5.55. The molecule has 27 heavy (non-hydrogen) atoms. The molecule has 0 heterocycles. The summed E-state index contributed by atoms with van der Waals surface area (Å²) in [4.78, 5) is 9.69. The van der Waals surface area contributed by atoms with Gasteiger partial charge in [-0.1, -0.05) is 35.9 Å².